The van der Waals surface area contributed by atoms with Gasteiger partial charge in [-0.2, -0.15) is 0 Å². The van der Waals surface area contributed by atoms with E-state index in [4.69, 9.17) is 0 Å². The van der Waals surface area contributed by atoms with Gasteiger partial charge in [0.05, 0.1) is 11.3 Å². The molecule has 0 fully saturated rings. The van der Waals surface area contributed by atoms with Crippen LogP contribution in [0.1, 0.15) is 28.5 Å². The molecule has 1 aromatic heterocycles. The number of hydrogen-bond acceptors (Lipinski definition) is 3. The molecular formula is C17H21N3O. The van der Waals surface area contributed by atoms with E-state index in [-0.39, 0.29) is 5.91 Å². The highest BCUT2D eigenvalue weighted by Crippen LogP contribution is 2.18. The number of carbonyl (C=O) groups excluding carboxylic acids is 1. The Bertz CT molecular complexity index is 611. The Morgan fingerprint density at radius 2 is 2.00 bits per heavy atom. The molecule has 4 nitrogen and oxygen atoms in total. The van der Waals surface area contributed by atoms with Gasteiger partial charge < -0.3 is 10.2 Å². The fourth-order valence-electron chi connectivity index (χ4n) is 2.20. The molecule has 2 aromatic rings. The first-order chi connectivity index (χ1) is 10.1. The van der Waals surface area contributed by atoms with Crippen molar-refractivity contribution >= 4 is 11.6 Å². The summed E-state index contributed by atoms with van der Waals surface area (Å²) in [6.45, 7) is 5.28. The lowest BCUT2D eigenvalue weighted by Gasteiger charge is -2.19. The lowest BCUT2D eigenvalue weighted by molar-refractivity contribution is 0.0785. The van der Waals surface area contributed by atoms with Crippen molar-refractivity contribution in [2.45, 2.75) is 20.4 Å². The monoisotopic (exact) mass is 283 g/mol. The first-order valence-electron chi connectivity index (χ1n) is 7.11. The van der Waals surface area contributed by atoms with E-state index in [0.29, 0.717) is 12.1 Å². The zero-order valence-corrected chi connectivity index (χ0v) is 12.8. The molecule has 0 spiro atoms. The van der Waals surface area contributed by atoms with Crippen LogP contribution in [0, 0.1) is 6.92 Å². The van der Waals surface area contributed by atoms with Gasteiger partial charge in [-0.05, 0) is 25.5 Å². The average molecular weight is 283 g/mol. The van der Waals surface area contributed by atoms with Gasteiger partial charge in [0.15, 0.2) is 0 Å². The molecule has 0 atom stereocenters. The maximum absolute atomic E-state index is 12.6. The number of rotatable bonds is 5. The summed E-state index contributed by atoms with van der Waals surface area (Å²) in [5.74, 6) is -0.0256. The maximum Gasteiger partial charge on any atom is 0.257 e. The molecule has 0 radical (unpaired) electrons. The van der Waals surface area contributed by atoms with Crippen molar-refractivity contribution in [3.8, 4) is 0 Å². The van der Waals surface area contributed by atoms with E-state index in [0.717, 1.165) is 23.5 Å². The van der Waals surface area contributed by atoms with Crippen molar-refractivity contribution in [1.29, 1.82) is 0 Å². The number of amides is 1. The second-order valence-corrected chi connectivity index (χ2v) is 5.05. The van der Waals surface area contributed by atoms with Gasteiger partial charge in [0.1, 0.15) is 0 Å². The molecule has 1 aromatic carbocycles. The summed E-state index contributed by atoms with van der Waals surface area (Å²) in [6.07, 6.45) is 1.65. The molecule has 0 unspecified atom stereocenters. The van der Waals surface area contributed by atoms with Crippen LogP contribution in [0.3, 0.4) is 0 Å². The van der Waals surface area contributed by atoms with Crippen LogP contribution in [-0.4, -0.2) is 29.4 Å². The minimum Gasteiger partial charge on any atom is -0.385 e. The van der Waals surface area contributed by atoms with Crippen LogP contribution in [-0.2, 0) is 6.54 Å². The standard InChI is InChI=1S/C17H21N3O/c1-4-18-16-10-13(2)19-11-15(16)17(21)20(3)12-14-8-6-5-7-9-14/h5-11H,4,12H2,1-3H3,(H,18,19). The molecule has 0 saturated carbocycles. The number of benzene rings is 1. The Kier molecular flexibility index (Phi) is 4.93. The maximum atomic E-state index is 12.6. The number of carbonyl (C=O) groups is 1. The molecular weight excluding hydrogens is 262 g/mol. The van der Waals surface area contributed by atoms with Gasteiger partial charge in [-0.3, -0.25) is 9.78 Å². The van der Waals surface area contributed by atoms with Crippen LogP contribution < -0.4 is 5.32 Å². The summed E-state index contributed by atoms with van der Waals surface area (Å²) >= 11 is 0. The summed E-state index contributed by atoms with van der Waals surface area (Å²) in [5, 5.41) is 3.23. The smallest absolute Gasteiger partial charge is 0.257 e. The SMILES string of the molecule is CCNc1cc(C)ncc1C(=O)N(C)Cc1ccccc1. The van der Waals surface area contributed by atoms with Crippen LogP contribution >= 0.6 is 0 Å². The minimum atomic E-state index is -0.0256. The molecule has 0 bridgehead atoms. The van der Waals surface area contributed by atoms with Crippen LogP contribution in [0.15, 0.2) is 42.6 Å². The van der Waals surface area contributed by atoms with E-state index in [9.17, 15) is 4.79 Å². The van der Waals surface area contributed by atoms with Gasteiger partial charge >= 0.3 is 0 Å². The number of nitrogens with one attached hydrogen (secondary N) is 1. The van der Waals surface area contributed by atoms with Crippen LogP contribution in [0.5, 0.6) is 0 Å². The van der Waals surface area contributed by atoms with Gasteiger partial charge in [-0.1, -0.05) is 30.3 Å². The highest BCUT2D eigenvalue weighted by molar-refractivity contribution is 5.99. The Hall–Kier alpha value is -2.36. The topological polar surface area (TPSA) is 45.2 Å². The summed E-state index contributed by atoms with van der Waals surface area (Å²) < 4.78 is 0. The zero-order valence-electron chi connectivity index (χ0n) is 12.8. The number of aryl methyl sites for hydroxylation is 1. The average Bonchev–Trinajstić information content (AvgIpc) is 2.48. The summed E-state index contributed by atoms with van der Waals surface area (Å²) in [6, 6.07) is 11.9. The quantitative estimate of drug-likeness (QED) is 0.917. The molecule has 0 aliphatic rings. The molecule has 0 aliphatic carbocycles. The third-order valence-electron chi connectivity index (χ3n) is 3.25. The van der Waals surface area contributed by atoms with Gasteiger partial charge in [0.25, 0.3) is 5.91 Å². The number of nitrogens with zero attached hydrogens (tertiary/aromatic N) is 2. The number of pyridine rings is 1. The van der Waals surface area contributed by atoms with E-state index >= 15 is 0 Å². The van der Waals surface area contributed by atoms with Gasteiger partial charge in [-0.15, -0.1) is 0 Å². The molecule has 2 rings (SSSR count). The molecule has 0 aliphatic heterocycles. The molecule has 4 heteroatoms. The third kappa shape index (κ3) is 3.81. The predicted molar refractivity (Wildman–Crippen MR) is 85.4 cm³/mol. The first kappa shape index (κ1) is 15.0. The Morgan fingerprint density at radius 3 is 2.67 bits per heavy atom. The van der Waals surface area contributed by atoms with Crippen LogP contribution in [0.4, 0.5) is 5.69 Å². The molecule has 0 saturated heterocycles. The number of aromatic nitrogens is 1. The van der Waals surface area contributed by atoms with E-state index in [1.54, 1.807) is 11.1 Å². The van der Waals surface area contributed by atoms with Gasteiger partial charge in [0, 0.05) is 32.0 Å². The number of hydrogen-bond donors (Lipinski definition) is 1. The lowest BCUT2D eigenvalue weighted by Crippen LogP contribution is -2.27. The molecule has 110 valence electrons. The lowest BCUT2D eigenvalue weighted by atomic mass is 10.1. The van der Waals surface area contributed by atoms with Gasteiger partial charge in [0.2, 0.25) is 0 Å². The fraction of sp³-hybridized carbons (Fsp3) is 0.294. The van der Waals surface area contributed by atoms with Crippen molar-refractivity contribution in [3.63, 3.8) is 0 Å². The van der Waals surface area contributed by atoms with Gasteiger partial charge in [-0.25, -0.2) is 0 Å². The van der Waals surface area contributed by atoms with Crippen molar-refractivity contribution in [2.24, 2.45) is 0 Å². The molecule has 21 heavy (non-hydrogen) atoms. The van der Waals surface area contributed by atoms with Crippen LogP contribution in [0.2, 0.25) is 0 Å². The molecule has 1 N–H and O–H groups in total. The summed E-state index contributed by atoms with van der Waals surface area (Å²) in [5.41, 5.74) is 3.46. The van der Waals surface area contributed by atoms with Crippen LogP contribution in [0.25, 0.3) is 0 Å². The van der Waals surface area contributed by atoms with E-state index < -0.39 is 0 Å². The fourth-order valence-corrected chi connectivity index (χ4v) is 2.20. The minimum absolute atomic E-state index is 0.0256. The second-order valence-electron chi connectivity index (χ2n) is 5.05. The van der Waals surface area contributed by atoms with E-state index in [2.05, 4.69) is 10.3 Å². The Balaban J connectivity index is 2.19. The number of anilines is 1. The normalized spacial score (nSPS) is 10.2. The second kappa shape index (κ2) is 6.88. The largest absolute Gasteiger partial charge is 0.385 e. The van der Waals surface area contributed by atoms with E-state index in [1.165, 1.54) is 0 Å². The van der Waals surface area contributed by atoms with Crippen molar-refractivity contribution in [3.05, 3.63) is 59.4 Å². The van der Waals surface area contributed by atoms with E-state index in [1.807, 2.05) is 57.3 Å². The van der Waals surface area contributed by atoms with Crippen molar-refractivity contribution in [1.82, 2.24) is 9.88 Å². The Labute approximate surface area is 125 Å². The highest BCUT2D eigenvalue weighted by Gasteiger charge is 2.16. The van der Waals surface area contributed by atoms with Crippen molar-refractivity contribution in [2.75, 3.05) is 18.9 Å². The Morgan fingerprint density at radius 1 is 1.29 bits per heavy atom. The predicted octanol–water partition coefficient (Wildman–Crippen LogP) is 3.09. The molecule has 1 amide bonds. The first-order valence-corrected chi connectivity index (χ1v) is 7.11. The van der Waals surface area contributed by atoms with Crippen molar-refractivity contribution < 1.29 is 4.79 Å². The summed E-state index contributed by atoms with van der Waals surface area (Å²) in [4.78, 5) is 18.6. The highest BCUT2D eigenvalue weighted by atomic mass is 16.2. The zero-order chi connectivity index (χ0) is 15.2. The third-order valence-corrected chi connectivity index (χ3v) is 3.25. The molecule has 1 heterocycles. The summed E-state index contributed by atoms with van der Waals surface area (Å²) in [7, 11) is 1.81.